The van der Waals surface area contributed by atoms with E-state index in [1.165, 1.54) is 7.11 Å². The summed E-state index contributed by atoms with van der Waals surface area (Å²) in [5.74, 6) is -0.401. The van der Waals surface area contributed by atoms with Crippen molar-refractivity contribution in [1.29, 1.82) is 0 Å². The van der Waals surface area contributed by atoms with Crippen molar-refractivity contribution in [1.82, 2.24) is 0 Å². The van der Waals surface area contributed by atoms with Crippen molar-refractivity contribution in [3.63, 3.8) is 0 Å². The van der Waals surface area contributed by atoms with E-state index in [0.717, 1.165) is 11.8 Å². The summed E-state index contributed by atoms with van der Waals surface area (Å²) < 4.78 is 4.61. The van der Waals surface area contributed by atoms with E-state index >= 15 is 0 Å². The molecule has 0 aliphatic heterocycles. The average Bonchev–Trinajstić information content (AvgIpc) is 2.17. The minimum absolute atomic E-state index is 0.242. The van der Waals surface area contributed by atoms with Gasteiger partial charge in [-0.25, -0.2) is 4.79 Å². The van der Waals surface area contributed by atoms with Gasteiger partial charge in [-0.2, -0.15) is 0 Å². The first kappa shape index (κ1) is 10.4. The highest BCUT2D eigenvalue weighted by atomic mass is 16.5. The van der Waals surface area contributed by atoms with Gasteiger partial charge in [-0.1, -0.05) is 17.7 Å². The molecule has 0 unspecified atom stereocenters. The van der Waals surface area contributed by atoms with Crippen LogP contribution in [-0.2, 0) is 16.0 Å². The highest BCUT2D eigenvalue weighted by Gasteiger charge is 2.10. The summed E-state index contributed by atoms with van der Waals surface area (Å²) in [6, 6.07) is 5.32. The summed E-state index contributed by atoms with van der Waals surface area (Å²) >= 11 is 0. The lowest BCUT2D eigenvalue weighted by Crippen LogP contribution is -2.06. The number of hydrogen-bond acceptors (Lipinski definition) is 3. The molecule has 1 rings (SSSR count). The Morgan fingerprint density at radius 3 is 2.79 bits per heavy atom. The third-order valence-corrected chi connectivity index (χ3v) is 1.97. The molecular formula is C11H12O3. The van der Waals surface area contributed by atoms with E-state index in [1.54, 1.807) is 6.07 Å². The minimum atomic E-state index is -0.401. The summed E-state index contributed by atoms with van der Waals surface area (Å²) in [7, 11) is 1.33. The lowest BCUT2D eigenvalue weighted by atomic mass is 10.0. The number of esters is 1. The second-order valence-electron chi connectivity index (χ2n) is 3.02. The number of benzene rings is 1. The SMILES string of the molecule is COC(=O)c1ccc(C)cc1CC=O. The van der Waals surface area contributed by atoms with Crippen molar-refractivity contribution in [2.45, 2.75) is 13.3 Å². The van der Waals surface area contributed by atoms with Gasteiger partial charge >= 0.3 is 5.97 Å². The molecule has 0 saturated heterocycles. The van der Waals surface area contributed by atoms with Crippen LogP contribution in [0.3, 0.4) is 0 Å². The van der Waals surface area contributed by atoms with Crippen LogP contribution >= 0.6 is 0 Å². The Labute approximate surface area is 82.7 Å². The molecule has 0 fully saturated rings. The van der Waals surface area contributed by atoms with E-state index in [2.05, 4.69) is 4.74 Å². The fraction of sp³-hybridized carbons (Fsp3) is 0.273. The van der Waals surface area contributed by atoms with Gasteiger partial charge in [-0.3, -0.25) is 0 Å². The summed E-state index contributed by atoms with van der Waals surface area (Å²) in [4.78, 5) is 21.7. The molecule has 14 heavy (non-hydrogen) atoms. The van der Waals surface area contributed by atoms with Gasteiger partial charge in [0.15, 0.2) is 0 Å². The normalized spacial score (nSPS) is 9.57. The van der Waals surface area contributed by atoms with Crippen LogP contribution in [0.2, 0.25) is 0 Å². The van der Waals surface area contributed by atoms with Crippen LogP contribution < -0.4 is 0 Å². The molecule has 1 aromatic rings. The number of carbonyl (C=O) groups excluding carboxylic acids is 2. The number of carbonyl (C=O) groups is 2. The van der Waals surface area contributed by atoms with Crippen LogP contribution in [0.5, 0.6) is 0 Å². The van der Waals surface area contributed by atoms with Crippen molar-refractivity contribution in [3.05, 3.63) is 34.9 Å². The van der Waals surface area contributed by atoms with Crippen molar-refractivity contribution < 1.29 is 14.3 Å². The Morgan fingerprint density at radius 1 is 1.50 bits per heavy atom. The van der Waals surface area contributed by atoms with E-state index in [9.17, 15) is 9.59 Å². The van der Waals surface area contributed by atoms with Gasteiger partial charge in [0, 0.05) is 6.42 Å². The third-order valence-electron chi connectivity index (χ3n) is 1.97. The summed E-state index contributed by atoms with van der Waals surface area (Å²) in [6.45, 7) is 1.91. The van der Waals surface area contributed by atoms with Crippen LogP contribution in [0.25, 0.3) is 0 Å². The molecule has 3 nitrogen and oxygen atoms in total. The van der Waals surface area contributed by atoms with Gasteiger partial charge in [-0.15, -0.1) is 0 Å². The Balaban J connectivity index is 3.13. The lowest BCUT2D eigenvalue weighted by Gasteiger charge is -2.05. The largest absolute Gasteiger partial charge is 0.465 e. The van der Waals surface area contributed by atoms with Crippen LogP contribution in [0.15, 0.2) is 18.2 Å². The van der Waals surface area contributed by atoms with Gasteiger partial charge in [0.2, 0.25) is 0 Å². The van der Waals surface area contributed by atoms with E-state index in [1.807, 2.05) is 19.1 Å². The molecule has 1 aromatic carbocycles. The highest BCUT2D eigenvalue weighted by molar-refractivity contribution is 5.91. The molecule has 0 aliphatic carbocycles. The number of methoxy groups -OCH3 is 1. The molecule has 0 N–H and O–H groups in total. The predicted octanol–water partition coefficient (Wildman–Crippen LogP) is 1.52. The Morgan fingerprint density at radius 2 is 2.21 bits per heavy atom. The van der Waals surface area contributed by atoms with Gasteiger partial charge in [-0.05, 0) is 18.6 Å². The zero-order valence-corrected chi connectivity index (χ0v) is 8.24. The second-order valence-corrected chi connectivity index (χ2v) is 3.02. The molecule has 0 atom stereocenters. The minimum Gasteiger partial charge on any atom is -0.465 e. The maximum absolute atomic E-state index is 11.3. The summed E-state index contributed by atoms with van der Waals surface area (Å²) in [6.07, 6.45) is 1.02. The first-order chi connectivity index (χ1) is 6.69. The van der Waals surface area contributed by atoms with Crippen molar-refractivity contribution in [2.75, 3.05) is 7.11 Å². The smallest absolute Gasteiger partial charge is 0.338 e. The number of rotatable bonds is 3. The highest BCUT2D eigenvalue weighted by Crippen LogP contribution is 2.12. The molecule has 74 valence electrons. The maximum Gasteiger partial charge on any atom is 0.338 e. The molecular weight excluding hydrogens is 180 g/mol. The van der Waals surface area contributed by atoms with Crippen LogP contribution in [0.4, 0.5) is 0 Å². The Kier molecular flexibility index (Phi) is 3.40. The molecule has 0 bridgehead atoms. The molecule has 0 spiro atoms. The second kappa shape index (κ2) is 4.56. The number of aldehydes is 1. The molecule has 0 amide bonds. The maximum atomic E-state index is 11.3. The number of ether oxygens (including phenoxy) is 1. The standard InChI is InChI=1S/C11H12O3/c1-8-3-4-10(11(13)14-2)9(7-8)5-6-12/h3-4,6-7H,5H2,1-2H3. The predicted molar refractivity (Wildman–Crippen MR) is 52.3 cm³/mol. The zero-order valence-electron chi connectivity index (χ0n) is 8.24. The van der Waals surface area contributed by atoms with Gasteiger partial charge in [0.05, 0.1) is 12.7 Å². The van der Waals surface area contributed by atoms with Crippen LogP contribution in [-0.4, -0.2) is 19.4 Å². The number of hydrogen-bond donors (Lipinski definition) is 0. The fourth-order valence-corrected chi connectivity index (χ4v) is 1.29. The molecule has 3 heteroatoms. The molecule has 0 aliphatic rings. The summed E-state index contributed by atoms with van der Waals surface area (Å²) in [5.41, 5.74) is 2.20. The first-order valence-corrected chi connectivity index (χ1v) is 4.30. The van der Waals surface area contributed by atoms with Crippen molar-refractivity contribution >= 4 is 12.3 Å². The molecule has 0 heterocycles. The fourth-order valence-electron chi connectivity index (χ4n) is 1.29. The molecule has 0 saturated carbocycles. The number of aryl methyl sites for hydroxylation is 1. The van der Waals surface area contributed by atoms with Gasteiger partial charge < -0.3 is 9.53 Å². The van der Waals surface area contributed by atoms with Gasteiger partial charge in [0.1, 0.15) is 6.29 Å². The van der Waals surface area contributed by atoms with Crippen molar-refractivity contribution in [2.24, 2.45) is 0 Å². The van der Waals surface area contributed by atoms with E-state index in [-0.39, 0.29) is 6.42 Å². The topological polar surface area (TPSA) is 43.4 Å². The average molecular weight is 192 g/mol. The third kappa shape index (κ3) is 2.19. The first-order valence-electron chi connectivity index (χ1n) is 4.30. The van der Waals surface area contributed by atoms with E-state index < -0.39 is 5.97 Å². The molecule has 0 aromatic heterocycles. The van der Waals surface area contributed by atoms with Gasteiger partial charge in [0.25, 0.3) is 0 Å². The van der Waals surface area contributed by atoms with E-state index in [4.69, 9.17) is 0 Å². The zero-order chi connectivity index (χ0) is 10.6. The Hall–Kier alpha value is -1.64. The van der Waals surface area contributed by atoms with Crippen LogP contribution in [0, 0.1) is 6.92 Å². The quantitative estimate of drug-likeness (QED) is 0.538. The lowest BCUT2D eigenvalue weighted by molar-refractivity contribution is -0.107. The molecule has 0 radical (unpaired) electrons. The summed E-state index contributed by atoms with van der Waals surface area (Å²) in [5, 5.41) is 0. The van der Waals surface area contributed by atoms with Crippen molar-refractivity contribution in [3.8, 4) is 0 Å². The van der Waals surface area contributed by atoms with Crippen LogP contribution in [0.1, 0.15) is 21.5 Å². The Bertz CT molecular complexity index is 356. The monoisotopic (exact) mass is 192 g/mol. The van der Waals surface area contributed by atoms with E-state index in [0.29, 0.717) is 11.1 Å².